The average Bonchev–Trinajstić information content (AvgIpc) is 2.49. The van der Waals surface area contributed by atoms with E-state index in [0.717, 1.165) is 15.7 Å². The molecule has 12 heavy (non-hydrogen) atoms. The van der Waals surface area contributed by atoms with Crippen LogP contribution in [0.3, 0.4) is 0 Å². The fraction of sp³-hybridized carbons (Fsp3) is 0.125. The molecule has 2 aromatic heterocycles. The molecule has 0 radical (unpaired) electrons. The van der Waals surface area contributed by atoms with Crippen LogP contribution in [0, 0.1) is 0 Å². The van der Waals surface area contributed by atoms with Gasteiger partial charge in [-0.3, -0.25) is 0 Å². The largest absolute Gasteiger partial charge is 0.326 e. The smallest absolute Gasteiger partial charge is 0.111 e. The zero-order valence-corrected chi connectivity index (χ0v) is 8.65. The molecule has 0 unspecified atom stereocenters. The lowest BCUT2D eigenvalue weighted by atomic mass is 10.3. The molecule has 0 aliphatic carbocycles. The molecule has 2 aromatic rings. The molecule has 4 heteroatoms. The number of pyridine rings is 1. The third kappa shape index (κ3) is 1.26. The minimum Gasteiger partial charge on any atom is -0.326 e. The van der Waals surface area contributed by atoms with Crippen LogP contribution in [-0.4, -0.2) is 4.98 Å². The molecule has 0 amide bonds. The van der Waals surface area contributed by atoms with Crippen molar-refractivity contribution in [3.05, 3.63) is 27.7 Å². The summed E-state index contributed by atoms with van der Waals surface area (Å²) in [6, 6.07) is 4.09. The SMILES string of the molecule is NCc1cc2sccc2nc1Br. The van der Waals surface area contributed by atoms with Crippen molar-refractivity contribution < 1.29 is 0 Å². The molecule has 0 aliphatic heterocycles. The molecule has 0 atom stereocenters. The Labute approximate surface area is 82.5 Å². The molecule has 0 fully saturated rings. The van der Waals surface area contributed by atoms with E-state index in [2.05, 4.69) is 27.0 Å². The van der Waals surface area contributed by atoms with Crippen molar-refractivity contribution in [2.24, 2.45) is 5.73 Å². The van der Waals surface area contributed by atoms with Crippen molar-refractivity contribution in [3.63, 3.8) is 0 Å². The molecule has 62 valence electrons. The lowest BCUT2D eigenvalue weighted by Crippen LogP contribution is -1.98. The fourth-order valence-corrected chi connectivity index (χ4v) is 2.31. The maximum atomic E-state index is 5.55. The van der Waals surface area contributed by atoms with Crippen molar-refractivity contribution in [1.29, 1.82) is 0 Å². The number of aromatic nitrogens is 1. The Morgan fingerprint density at radius 1 is 1.58 bits per heavy atom. The highest BCUT2D eigenvalue weighted by atomic mass is 79.9. The van der Waals surface area contributed by atoms with Crippen LogP contribution in [0.15, 0.2) is 22.1 Å². The van der Waals surface area contributed by atoms with E-state index in [-0.39, 0.29) is 0 Å². The van der Waals surface area contributed by atoms with Crippen molar-refractivity contribution in [2.75, 3.05) is 0 Å². The fourth-order valence-electron chi connectivity index (χ4n) is 1.05. The van der Waals surface area contributed by atoms with E-state index in [0.29, 0.717) is 6.54 Å². The summed E-state index contributed by atoms with van der Waals surface area (Å²) in [6.07, 6.45) is 0. The predicted octanol–water partition coefficient (Wildman–Crippen LogP) is 2.52. The van der Waals surface area contributed by atoms with Gasteiger partial charge in [0.1, 0.15) is 4.60 Å². The van der Waals surface area contributed by atoms with E-state index in [9.17, 15) is 0 Å². The van der Waals surface area contributed by atoms with E-state index in [1.807, 2.05) is 11.4 Å². The summed E-state index contributed by atoms with van der Waals surface area (Å²) >= 11 is 5.06. The standard InChI is InChI=1S/C8H7BrN2S/c9-8-5(4-10)3-7-6(11-8)1-2-12-7/h1-3H,4,10H2. The summed E-state index contributed by atoms with van der Waals surface area (Å²) in [5.74, 6) is 0. The average molecular weight is 243 g/mol. The van der Waals surface area contributed by atoms with Crippen LogP contribution in [0.1, 0.15) is 5.56 Å². The minimum absolute atomic E-state index is 0.529. The molecule has 2 heterocycles. The number of thiophene rings is 1. The first-order valence-corrected chi connectivity index (χ1v) is 5.21. The van der Waals surface area contributed by atoms with Gasteiger partial charge in [-0.1, -0.05) is 0 Å². The maximum Gasteiger partial charge on any atom is 0.111 e. The van der Waals surface area contributed by atoms with E-state index in [1.165, 1.54) is 4.70 Å². The second kappa shape index (κ2) is 3.12. The summed E-state index contributed by atoms with van der Waals surface area (Å²) in [5.41, 5.74) is 7.64. The lowest BCUT2D eigenvalue weighted by Gasteiger charge is -1.99. The minimum atomic E-state index is 0.529. The highest BCUT2D eigenvalue weighted by Gasteiger charge is 2.02. The molecule has 0 aliphatic rings. The topological polar surface area (TPSA) is 38.9 Å². The number of nitrogens with zero attached hydrogens (tertiary/aromatic N) is 1. The highest BCUT2D eigenvalue weighted by Crippen LogP contribution is 2.24. The first kappa shape index (κ1) is 8.16. The number of rotatable bonds is 1. The predicted molar refractivity (Wildman–Crippen MR) is 55.2 cm³/mol. The monoisotopic (exact) mass is 242 g/mol. The maximum absolute atomic E-state index is 5.55. The van der Waals surface area contributed by atoms with Gasteiger partial charge in [0.15, 0.2) is 0 Å². The Morgan fingerprint density at radius 2 is 2.42 bits per heavy atom. The van der Waals surface area contributed by atoms with Gasteiger partial charge < -0.3 is 5.73 Å². The molecule has 2 nitrogen and oxygen atoms in total. The summed E-state index contributed by atoms with van der Waals surface area (Å²) < 4.78 is 2.05. The van der Waals surface area contributed by atoms with Gasteiger partial charge in [0.25, 0.3) is 0 Å². The molecule has 0 aromatic carbocycles. The second-order valence-corrected chi connectivity index (χ2v) is 4.15. The third-order valence-corrected chi connectivity index (χ3v) is 3.22. The third-order valence-electron chi connectivity index (χ3n) is 1.68. The van der Waals surface area contributed by atoms with Gasteiger partial charge in [0.2, 0.25) is 0 Å². The van der Waals surface area contributed by atoms with Gasteiger partial charge in [0, 0.05) is 6.54 Å². The van der Waals surface area contributed by atoms with Crippen molar-refractivity contribution in [3.8, 4) is 0 Å². The quantitative estimate of drug-likeness (QED) is 0.781. The van der Waals surface area contributed by atoms with Gasteiger partial charge in [-0.25, -0.2) is 4.98 Å². The van der Waals surface area contributed by atoms with E-state index in [1.54, 1.807) is 11.3 Å². The molecule has 0 spiro atoms. The zero-order chi connectivity index (χ0) is 8.55. The van der Waals surface area contributed by atoms with Crippen LogP contribution in [0.5, 0.6) is 0 Å². The molecule has 0 saturated carbocycles. The molecule has 2 rings (SSSR count). The highest BCUT2D eigenvalue weighted by molar-refractivity contribution is 9.10. The first-order chi connectivity index (χ1) is 5.81. The Hall–Kier alpha value is -0.450. The van der Waals surface area contributed by atoms with Gasteiger partial charge in [-0.05, 0) is 39.0 Å². The van der Waals surface area contributed by atoms with Gasteiger partial charge >= 0.3 is 0 Å². The molecular formula is C8H7BrN2S. The van der Waals surface area contributed by atoms with Crippen LogP contribution in [0.25, 0.3) is 10.2 Å². The van der Waals surface area contributed by atoms with Crippen LogP contribution in [-0.2, 0) is 6.54 Å². The first-order valence-electron chi connectivity index (χ1n) is 3.54. The van der Waals surface area contributed by atoms with Crippen LogP contribution in [0.2, 0.25) is 0 Å². The number of halogens is 1. The number of hydrogen-bond acceptors (Lipinski definition) is 3. The van der Waals surface area contributed by atoms with Crippen LogP contribution < -0.4 is 5.73 Å². The Bertz CT molecular complexity index is 410. The van der Waals surface area contributed by atoms with Crippen LogP contribution >= 0.6 is 27.3 Å². The number of hydrogen-bond donors (Lipinski definition) is 1. The summed E-state index contributed by atoms with van der Waals surface area (Å²) in [5, 5.41) is 2.03. The van der Waals surface area contributed by atoms with Crippen molar-refractivity contribution >= 4 is 37.5 Å². The molecule has 2 N–H and O–H groups in total. The lowest BCUT2D eigenvalue weighted by molar-refractivity contribution is 1.04. The summed E-state index contributed by atoms with van der Waals surface area (Å²) in [4.78, 5) is 4.35. The van der Waals surface area contributed by atoms with Crippen molar-refractivity contribution in [1.82, 2.24) is 4.98 Å². The van der Waals surface area contributed by atoms with Crippen molar-refractivity contribution in [2.45, 2.75) is 6.54 Å². The van der Waals surface area contributed by atoms with Gasteiger partial charge in [-0.2, -0.15) is 0 Å². The zero-order valence-electron chi connectivity index (χ0n) is 6.25. The van der Waals surface area contributed by atoms with E-state index >= 15 is 0 Å². The summed E-state index contributed by atoms with van der Waals surface area (Å²) in [7, 11) is 0. The van der Waals surface area contributed by atoms with E-state index in [4.69, 9.17) is 5.73 Å². The second-order valence-electron chi connectivity index (χ2n) is 2.45. The molecular weight excluding hydrogens is 236 g/mol. The van der Waals surface area contributed by atoms with E-state index < -0.39 is 0 Å². The van der Waals surface area contributed by atoms with Gasteiger partial charge in [0.05, 0.1) is 10.2 Å². The number of nitrogens with two attached hydrogens (primary N) is 1. The van der Waals surface area contributed by atoms with Crippen LogP contribution in [0.4, 0.5) is 0 Å². The Balaban J connectivity index is 2.73. The Morgan fingerprint density at radius 3 is 3.17 bits per heavy atom. The summed E-state index contributed by atoms with van der Waals surface area (Å²) in [6.45, 7) is 0.529. The Kier molecular flexibility index (Phi) is 2.12. The molecule has 0 saturated heterocycles. The molecule has 0 bridgehead atoms. The normalized spacial score (nSPS) is 10.8. The van der Waals surface area contributed by atoms with Gasteiger partial charge in [-0.15, -0.1) is 11.3 Å². The number of fused-ring (bicyclic) bond motifs is 1.